The van der Waals surface area contributed by atoms with Crippen LogP contribution >= 0.6 is 0 Å². The highest BCUT2D eigenvalue weighted by molar-refractivity contribution is 5.76. The summed E-state index contributed by atoms with van der Waals surface area (Å²) in [6, 6.07) is 6.24. The molecule has 1 aliphatic heterocycles. The minimum atomic E-state index is -1.02. The van der Waals surface area contributed by atoms with Gasteiger partial charge in [0, 0.05) is 19.2 Å². The number of nitrogens with one attached hydrogen (secondary N) is 1. The molecule has 4 rings (SSSR count). The molecule has 0 bridgehead atoms. The maximum Gasteiger partial charge on any atom is 0.404 e. The van der Waals surface area contributed by atoms with E-state index in [1.807, 2.05) is 18.2 Å². The molecule has 2 fully saturated rings. The Morgan fingerprint density at radius 2 is 2.14 bits per heavy atom. The molecule has 8 heteroatoms. The van der Waals surface area contributed by atoms with Crippen molar-refractivity contribution in [3.05, 3.63) is 18.2 Å². The molecule has 2 aromatic rings. The van der Waals surface area contributed by atoms with Crippen molar-refractivity contribution < 1.29 is 23.8 Å². The Bertz CT molecular complexity index is 827. The molecule has 158 valence electrons. The van der Waals surface area contributed by atoms with E-state index in [4.69, 9.17) is 19.0 Å². The van der Waals surface area contributed by atoms with Crippen LogP contribution in [-0.2, 0) is 4.74 Å². The summed E-state index contributed by atoms with van der Waals surface area (Å²) < 4.78 is 17.7. The third-order valence-corrected chi connectivity index (χ3v) is 5.72. The van der Waals surface area contributed by atoms with Gasteiger partial charge in [-0.05, 0) is 50.7 Å². The second kappa shape index (κ2) is 8.90. The van der Waals surface area contributed by atoms with Crippen molar-refractivity contribution in [1.29, 1.82) is 0 Å². The van der Waals surface area contributed by atoms with Crippen LogP contribution in [0.3, 0.4) is 0 Å². The van der Waals surface area contributed by atoms with Gasteiger partial charge in [0.2, 0.25) is 0 Å². The molecule has 0 unspecified atom stereocenters. The van der Waals surface area contributed by atoms with Gasteiger partial charge in [-0.1, -0.05) is 6.42 Å². The Balaban J connectivity index is 1.28. The van der Waals surface area contributed by atoms with Crippen molar-refractivity contribution in [3.8, 4) is 5.75 Å². The molecular weight excluding hydrogens is 374 g/mol. The molecule has 29 heavy (non-hydrogen) atoms. The molecule has 0 spiro atoms. The summed E-state index contributed by atoms with van der Waals surface area (Å²) in [7, 11) is 0. The van der Waals surface area contributed by atoms with Gasteiger partial charge in [0.15, 0.2) is 5.58 Å². The van der Waals surface area contributed by atoms with Crippen LogP contribution in [0.5, 0.6) is 5.75 Å². The van der Waals surface area contributed by atoms with E-state index in [2.05, 4.69) is 15.2 Å². The highest BCUT2D eigenvalue weighted by Gasteiger charge is 2.24. The van der Waals surface area contributed by atoms with Gasteiger partial charge in [0.05, 0.1) is 25.4 Å². The van der Waals surface area contributed by atoms with Crippen molar-refractivity contribution in [2.75, 3.05) is 31.2 Å². The average molecular weight is 403 g/mol. The predicted molar refractivity (Wildman–Crippen MR) is 109 cm³/mol. The zero-order chi connectivity index (χ0) is 20.2. The molecule has 1 aromatic carbocycles. The molecule has 1 aromatic heterocycles. The molecule has 2 heterocycles. The molecule has 1 aliphatic carbocycles. The summed E-state index contributed by atoms with van der Waals surface area (Å²) in [4.78, 5) is 17.4. The molecule has 2 N–H and O–H groups in total. The summed E-state index contributed by atoms with van der Waals surface area (Å²) in [5.41, 5.74) is 1.58. The third-order valence-electron chi connectivity index (χ3n) is 5.72. The van der Waals surface area contributed by atoms with E-state index in [9.17, 15) is 4.79 Å². The number of aromatic nitrogens is 1. The summed E-state index contributed by atoms with van der Waals surface area (Å²) >= 11 is 0. The first kappa shape index (κ1) is 19.8. The number of piperidine rings is 1. The summed E-state index contributed by atoms with van der Waals surface area (Å²) in [5.74, 6) is 1.55. The van der Waals surface area contributed by atoms with Crippen LogP contribution in [0.1, 0.15) is 39.0 Å². The Hall–Kier alpha value is -2.48. The van der Waals surface area contributed by atoms with Gasteiger partial charge in [-0.2, -0.15) is 4.98 Å². The molecular formula is C21H29N3O5. The lowest BCUT2D eigenvalue weighted by Gasteiger charge is -2.31. The van der Waals surface area contributed by atoms with Crippen LogP contribution in [0, 0.1) is 5.92 Å². The Kier molecular flexibility index (Phi) is 6.08. The van der Waals surface area contributed by atoms with Gasteiger partial charge >= 0.3 is 6.09 Å². The lowest BCUT2D eigenvalue weighted by atomic mass is 9.86. The molecule has 8 nitrogen and oxygen atoms in total. The number of nitrogens with zero attached hydrogens (tertiary/aromatic N) is 2. The average Bonchev–Trinajstić information content (AvgIpc) is 3.08. The molecule has 1 atom stereocenters. The number of rotatable bonds is 8. The van der Waals surface area contributed by atoms with E-state index in [0.717, 1.165) is 49.4 Å². The number of anilines is 1. The lowest BCUT2D eigenvalue weighted by Crippen LogP contribution is -2.40. The smallest absolute Gasteiger partial charge is 0.404 e. The van der Waals surface area contributed by atoms with E-state index in [1.165, 1.54) is 19.3 Å². The number of ether oxygens (including phenoxy) is 2. The van der Waals surface area contributed by atoms with Crippen LogP contribution < -0.4 is 15.0 Å². The number of carboxylic acid groups (broad SMARTS) is 1. The number of amides is 1. The maximum absolute atomic E-state index is 10.6. The fourth-order valence-corrected chi connectivity index (χ4v) is 3.74. The monoisotopic (exact) mass is 403 g/mol. The van der Waals surface area contributed by atoms with Gasteiger partial charge < -0.3 is 29.2 Å². The Morgan fingerprint density at radius 1 is 1.34 bits per heavy atom. The zero-order valence-corrected chi connectivity index (χ0v) is 16.8. The van der Waals surface area contributed by atoms with Crippen LogP contribution in [0.15, 0.2) is 22.6 Å². The van der Waals surface area contributed by atoms with Crippen molar-refractivity contribution in [2.45, 2.75) is 51.2 Å². The number of oxazole rings is 1. The van der Waals surface area contributed by atoms with Crippen LogP contribution in [-0.4, -0.2) is 54.6 Å². The SMILES string of the molecule is C[C@@H](COC1CCN(c2nc3cc(OCC4CCC4)ccc3o2)CC1)NC(=O)O. The quantitative estimate of drug-likeness (QED) is 0.694. The number of carbonyl (C=O) groups is 1. The number of benzene rings is 1. The third kappa shape index (κ3) is 5.12. The van der Waals surface area contributed by atoms with E-state index in [-0.39, 0.29) is 12.1 Å². The number of hydrogen-bond donors (Lipinski definition) is 2. The Labute approximate surface area is 170 Å². The van der Waals surface area contributed by atoms with Crippen LogP contribution in [0.2, 0.25) is 0 Å². The van der Waals surface area contributed by atoms with E-state index in [0.29, 0.717) is 18.5 Å². The van der Waals surface area contributed by atoms with Crippen molar-refractivity contribution in [3.63, 3.8) is 0 Å². The van der Waals surface area contributed by atoms with Crippen LogP contribution in [0.4, 0.5) is 10.8 Å². The first-order chi connectivity index (χ1) is 14.1. The summed E-state index contributed by atoms with van der Waals surface area (Å²) in [5, 5.41) is 11.1. The fourth-order valence-electron chi connectivity index (χ4n) is 3.74. The highest BCUT2D eigenvalue weighted by atomic mass is 16.5. The fraction of sp³-hybridized carbons (Fsp3) is 0.619. The summed E-state index contributed by atoms with van der Waals surface area (Å²) in [6.45, 7) is 4.55. The van der Waals surface area contributed by atoms with Gasteiger partial charge in [0.1, 0.15) is 11.3 Å². The summed E-state index contributed by atoms with van der Waals surface area (Å²) in [6.07, 6.45) is 4.67. The van der Waals surface area contributed by atoms with E-state index < -0.39 is 6.09 Å². The minimum absolute atomic E-state index is 0.125. The molecule has 1 saturated carbocycles. The topological polar surface area (TPSA) is 97.1 Å². The lowest BCUT2D eigenvalue weighted by molar-refractivity contribution is 0.0260. The standard InChI is InChI=1S/C21H29N3O5/c1-14(22-21(25)26)12-27-16-7-9-24(10-8-16)20-23-18-11-17(5-6-19(18)29-20)28-13-15-3-2-4-15/h5-6,11,14-16,22H,2-4,7-10,12-13H2,1H3,(H,25,26)/t14-/m0/s1. The van der Waals surface area contributed by atoms with Crippen molar-refractivity contribution in [2.24, 2.45) is 5.92 Å². The minimum Gasteiger partial charge on any atom is -0.493 e. The number of fused-ring (bicyclic) bond motifs is 1. The van der Waals surface area contributed by atoms with E-state index >= 15 is 0 Å². The van der Waals surface area contributed by atoms with Gasteiger partial charge in [-0.15, -0.1) is 0 Å². The normalized spacial score (nSPS) is 19.1. The Morgan fingerprint density at radius 3 is 2.83 bits per heavy atom. The second-order valence-corrected chi connectivity index (χ2v) is 8.10. The molecule has 1 amide bonds. The van der Waals surface area contributed by atoms with Gasteiger partial charge in [-0.3, -0.25) is 0 Å². The van der Waals surface area contributed by atoms with Gasteiger partial charge in [0.25, 0.3) is 6.01 Å². The maximum atomic E-state index is 10.6. The van der Waals surface area contributed by atoms with Crippen LogP contribution in [0.25, 0.3) is 11.1 Å². The number of hydrogen-bond acceptors (Lipinski definition) is 6. The zero-order valence-electron chi connectivity index (χ0n) is 16.8. The first-order valence-electron chi connectivity index (χ1n) is 10.5. The first-order valence-corrected chi connectivity index (χ1v) is 10.5. The second-order valence-electron chi connectivity index (χ2n) is 8.10. The van der Waals surface area contributed by atoms with E-state index in [1.54, 1.807) is 6.92 Å². The largest absolute Gasteiger partial charge is 0.493 e. The van der Waals surface area contributed by atoms with Crippen molar-refractivity contribution in [1.82, 2.24) is 10.3 Å². The molecule has 1 saturated heterocycles. The predicted octanol–water partition coefficient (Wildman–Crippen LogP) is 3.65. The van der Waals surface area contributed by atoms with Gasteiger partial charge in [-0.25, -0.2) is 4.79 Å². The highest BCUT2D eigenvalue weighted by Crippen LogP contribution is 2.30. The molecule has 2 aliphatic rings. The molecule has 0 radical (unpaired) electrons. The van der Waals surface area contributed by atoms with Crippen molar-refractivity contribution >= 4 is 23.2 Å².